The summed E-state index contributed by atoms with van der Waals surface area (Å²) in [5.41, 5.74) is 2.57. The molecule has 1 N–H and O–H groups in total. The van der Waals surface area contributed by atoms with Crippen LogP contribution in [0.5, 0.6) is 0 Å². The lowest BCUT2D eigenvalue weighted by molar-refractivity contribution is -0.137. The minimum Gasteiger partial charge on any atom is -0.302 e. The van der Waals surface area contributed by atoms with Crippen LogP contribution in [-0.4, -0.2) is 28.7 Å². The van der Waals surface area contributed by atoms with Crippen molar-refractivity contribution < 1.29 is 13.2 Å². The molecule has 1 heterocycles. The third-order valence-corrected chi connectivity index (χ3v) is 2.61. The van der Waals surface area contributed by atoms with Gasteiger partial charge < -0.3 is 4.90 Å². The predicted molar refractivity (Wildman–Crippen MR) is 70.1 cm³/mol. The number of aromatic nitrogens is 2. The first kappa shape index (κ1) is 14.4. The fourth-order valence-electron chi connectivity index (χ4n) is 1.74. The number of hydrogen-bond acceptors (Lipinski definition) is 3. The highest BCUT2D eigenvalue weighted by atomic mass is 19.4. The van der Waals surface area contributed by atoms with Gasteiger partial charge in [-0.05, 0) is 32.3 Å². The van der Waals surface area contributed by atoms with Crippen LogP contribution >= 0.6 is 0 Å². The topological polar surface area (TPSA) is 33.1 Å². The quantitative estimate of drug-likeness (QED) is 0.937. The first-order chi connectivity index (χ1) is 9.36. The molecular weight excluding hydrogens is 269 g/mol. The summed E-state index contributed by atoms with van der Waals surface area (Å²) in [5, 5.41) is 0. The van der Waals surface area contributed by atoms with E-state index in [1.807, 2.05) is 19.0 Å². The Labute approximate surface area is 114 Å². The second kappa shape index (κ2) is 5.54. The number of alkyl halides is 3. The molecule has 0 unspecified atom stereocenters. The molecule has 0 spiro atoms. The number of nitrogens with one attached hydrogen (secondary N) is 1. The van der Waals surface area contributed by atoms with Crippen LogP contribution in [0.15, 0.2) is 36.7 Å². The zero-order valence-corrected chi connectivity index (χ0v) is 11.1. The summed E-state index contributed by atoms with van der Waals surface area (Å²) in [4.78, 5) is 6.08. The molecule has 20 heavy (non-hydrogen) atoms. The van der Waals surface area contributed by atoms with Gasteiger partial charge in [0.15, 0.2) is 0 Å². The Morgan fingerprint density at radius 2 is 2.05 bits per heavy atom. The summed E-state index contributed by atoms with van der Waals surface area (Å²) in [6.45, 7) is 0.582. The van der Waals surface area contributed by atoms with Gasteiger partial charge in [-0.1, -0.05) is 6.07 Å². The normalized spacial score (nSPS) is 11.9. The number of imidazole rings is 1. The molecule has 108 valence electrons. The van der Waals surface area contributed by atoms with Gasteiger partial charge in [-0.25, -0.2) is 9.66 Å². The first-order valence-corrected chi connectivity index (χ1v) is 5.97. The lowest BCUT2D eigenvalue weighted by Gasteiger charge is -2.15. The van der Waals surface area contributed by atoms with E-state index in [2.05, 4.69) is 10.4 Å². The summed E-state index contributed by atoms with van der Waals surface area (Å²) < 4.78 is 39.5. The molecule has 0 fully saturated rings. The minimum atomic E-state index is -4.35. The highest BCUT2D eigenvalue weighted by molar-refractivity contribution is 5.46. The van der Waals surface area contributed by atoms with E-state index >= 15 is 0 Å². The van der Waals surface area contributed by atoms with Crippen molar-refractivity contribution in [2.24, 2.45) is 0 Å². The molecule has 0 amide bonds. The van der Waals surface area contributed by atoms with E-state index in [9.17, 15) is 13.2 Å². The van der Waals surface area contributed by atoms with E-state index in [1.165, 1.54) is 6.07 Å². The maximum Gasteiger partial charge on any atom is 0.416 e. The third kappa shape index (κ3) is 3.51. The van der Waals surface area contributed by atoms with Gasteiger partial charge in [0.1, 0.15) is 5.82 Å². The number of anilines is 1. The number of rotatable bonds is 4. The van der Waals surface area contributed by atoms with Crippen LogP contribution in [0.3, 0.4) is 0 Å². The summed E-state index contributed by atoms with van der Waals surface area (Å²) in [7, 11) is 3.78. The van der Waals surface area contributed by atoms with Crippen molar-refractivity contribution in [2.45, 2.75) is 12.7 Å². The Balaban J connectivity index is 2.20. The minimum absolute atomic E-state index is 0.359. The molecule has 0 aliphatic carbocycles. The van der Waals surface area contributed by atoms with E-state index in [1.54, 1.807) is 23.1 Å². The summed E-state index contributed by atoms with van der Waals surface area (Å²) in [5.74, 6) is 0.715. The molecule has 0 aliphatic rings. The zero-order chi connectivity index (χ0) is 14.8. The fraction of sp³-hybridized carbons (Fsp3) is 0.308. The largest absolute Gasteiger partial charge is 0.416 e. The predicted octanol–water partition coefficient (Wildman–Crippen LogP) is 2.84. The number of hydrogen-bond donors (Lipinski definition) is 1. The molecule has 7 heteroatoms. The van der Waals surface area contributed by atoms with Gasteiger partial charge in [0.05, 0.1) is 17.8 Å². The Morgan fingerprint density at radius 3 is 2.70 bits per heavy atom. The molecule has 1 aromatic carbocycles. The molecule has 0 saturated carbocycles. The van der Waals surface area contributed by atoms with Crippen LogP contribution in [0, 0.1) is 0 Å². The average Bonchev–Trinajstić information content (AvgIpc) is 2.75. The van der Waals surface area contributed by atoms with Crippen LogP contribution in [0.25, 0.3) is 0 Å². The van der Waals surface area contributed by atoms with Crippen molar-refractivity contribution >= 4 is 5.69 Å². The van der Waals surface area contributed by atoms with Crippen molar-refractivity contribution in [3.63, 3.8) is 0 Å². The van der Waals surface area contributed by atoms with E-state index in [0.717, 1.165) is 12.1 Å². The van der Waals surface area contributed by atoms with E-state index in [-0.39, 0.29) is 0 Å². The SMILES string of the molecule is CN(C)Cc1nccn1Nc1cccc(C(F)(F)F)c1. The van der Waals surface area contributed by atoms with Crippen molar-refractivity contribution in [3.05, 3.63) is 48.0 Å². The molecule has 1 aromatic heterocycles. The lowest BCUT2D eigenvalue weighted by Crippen LogP contribution is -2.19. The zero-order valence-electron chi connectivity index (χ0n) is 11.1. The standard InChI is InChI=1S/C13H15F3N4/c1-19(2)9-12-17-6-7-20(12)18-11-5-3-4-10(8-11)13(14,15)16/h3-8,18H,9H2,1-2H3. The number of benzene rings is 1. The molecule has 0 radical (unpaired) electrons. The lowest BCUT2D eigenvalue weighted by atomic mass is 10.2. The average molecular weight is 284 g/mol. The van der Waals surface area contributed by atoms with Gasteiger partial charge in [-0.15, -0.1) is 0 Å². The van der Waals surface area contributed by atoms with Gasteiger partial charge in [0.25, 0.3) is 0 Å². The first-order valence-electron chi connectivity index (χ1n) is 5.97. The molecule has 4 nitrogen and oxygen atoms in total. The second-order valence-corrected chi connectivity index (χ2v) is 4.64. The van der Waals surface area contributed by atoms with E-state index in [4.69, 9.17) is 0 Å². The van der Waals surface area contributed by atoms with Crippen LogP contribution < -0.4 is 5.43 Å². The molecule has 2 rings (SSSR count). The molecule has 0 bridgehead atoms. The monoisotopic (exact) mass is 284 g/mol. The summed E-state index contributed by atoms with van der Waals surface area (Å²) in [6.07, 6.45) is -1.09. The maximum absolute atomic E-state index is 12.6. The maximum atomic E-state index is 12.6. The van der Waals surface area contributed by atoms with Crippen LogP contribution in [0.4, 0.5) is 18.9 Å². The van der Waals surface area contributed by atoms with E-state index < -0.39 is 11.7 Å². The van der Waals surface area contributed by atoms with Crippen LogP contribution in [0.2, 0.25) is 0 Å². The number of halogens is 3. The van der Waals surface area contributed by atoms with Crippen molar-refractivity contribution in [2.75, 3.05) is 19.5 Å². The van der Waals surface area contributed by atoms with Crippen LogP contribution in [-0.2, 0) is 12.7 Å². The molecule has 0 aliphatic heterocycles. The summed E-state index contributed by atoms with van der Waals surface area (Å²) >= 11 is 0. The Morgan fingerprint density at radius 1 is 1.30 bits per heavy atom. The molecular formula is C13H15F3N4. The molecule has 0 saturated heterocycles. The highest BCUT2D eigenvalue weighted by Gasteiger charge is 2.30. The van der Waals surface area contributed by atoms with Gasteiger partial charge in [0.2, 0.25) is 0 Å². The van der Waals surface area contributed by atoms with Gasteiger partial charge in [-0.2, -0.15) is 13.2 Å². The van der Waals surface area contributed by atoms with Gasteiger partial charge in [-0.3, -0.25) is 5.43 Å². The Hall–Kier alpha value is -2.02. The second-order valence-electron chi connectivity index (χ2n) is 4.64. The van der Waals surface area contributed by atoms with Gasteiger partial charge >= 0.3 is 6.18 Å². The fourth-order valence-corrected chi connectivity index (χ4v) is 1.74. The smallest absolute Gasteiger partial charge is 0.302 e. The highest BCUT2D eigenvalue weighted by Crippen LogP contribution is 2.30. The van der Waals surface area contributed by atoms with Gasteiger partial charge in [0, 0.05) is 12.4 Å². The molecule has 2 aromatic rings. The Kier molecular flexibility index (Phi) is 3.99. The Bertz CT molecular complexity index is 575. The van der Waals surface area contributed by atoms with Crippen LogP contribution in [0.1, 0.15) is 11.4 Å². The summed E-state index contributed by atoms with van der Waals surface area (Å²) in [6, 6.07) is 5.06. The van der Waals surface area contributed by atoms with Crippen molar-refractivity contribution in [1.82, 2.24) is 14.6 Å². The third-order valence-electron chi connectivity index (χ3n) is 2.61. The van der Waals surface area contributed by atoms with Crippen molar-refractivity contribution in [1.29, 1.82) is 0 Å². The van der Waals surface area contributed by atoms with Crippen molar-refractivity contribution in [3.8, 4) is 0 Å². The number of nitrogens with zero attached hydrogens (tertiary/aromatic N) is 3. The van der Waals surface area contributed by atoms with E-state index in [0.29, 0.717) is 18.1 Å². The molecule has 0 atom stereocenters.